The lowest BCUT2D eigenvalue weighted by Crippen LogP contribution is -1.95. The number of hydrogen-bond acceptors (Lipinski definition) is 4. The van der Waals surface area contributed by atoms with Crippen LogP contribution in [0.1, 0.15) is 10.4 Å². The number of nitrogen functional groups attached to an aromatic ring is 1. The quantitative estimate of drug-likeness (QED) is 0.516. The average molecular weight is 225 g/mol. The van der Waals surface area contributed by atoms with Crippen LogP contribution in [-0.4, -0.2) is 11.1 Å². The molecular weight excluding hydrogens is 218 g/mol. The Balaban J connectivity index is 2.90. The predicted octanol–water partition coefficient (Wildman–Crippen LogP) is 2.47. The number of benzene rings is 1. The fourth-order valence-corrected chi connectivity index (χ4v) is 2.78. The van der Waals surface area contributed by atoms with E-state index < -0.39 is 5.97 Å². The topological polar surface area (TPSA) is 63.3 Å². The molecule has 0 aliphatic carbocycles. The van der Waals surface area contributed by atoms with E-state index in [1.807, 2.05) is 0 Å². The first kappa shape index (κ1) is 9.36. The van der Waals surface area contributed by atoms with Gasteiger partial charge in [0.2, 0.25) is 0 Å². The first-order valence-corrected chi connectivity index (χ1v) is 5.11. The molecule has 0 atom stereocenters. The van der Waals surface area contributed by atoms with E-state index in [4.69, 9.17) is 10.8 Å². The highest BCUT2D eigenvalue weighted by Gasteiger charge is 2.16. The van der Waals surface area contributed by atoms with Crippen molar-refractivity contribution in [3.8, 4) is 0 Å². The number of thiophene rings is 1. The number of carboxylic acids is 1. The molecule has 0 radical (unpaired) electrons. The van der Waals surface area contributed by atoms with Gasteiger partial charge >= 0.3 is 5.97 Å². The zero-order chi connectivity index (χ0) is 10.3. The van der Waals surface area contributed by atoms with E-state index in [1.165, 1.54) is 11.3 Å². The van der Waals surface area contributed by atoms with Crippen LogP contribution < -0.4 is 5.73 Å². The third-order valence-electron chi connectivity index (χ3n) is 1.94. The molecule has 1 heterocycles. The minimum Gasteiger partial charge on any atom is -0.478 e. The van der Waals surface area contributed by atoms with Gasteiger partial charge in [0.05, 0.1) is 14.5 Å². The molecule has 5 heteroatoms. The van der Waals surface area contributed by atoms with Gasteiger partial charge in [-0.1, -0.05) is 12.1 Å². The lowest BCUT2D eigenvalue weighted by atomic mass is 10.1. The molecule has 0 fully saturated rings. The number of aromatic carboxylic acids is 1. The summed E-state index contributed by atoms with van der Waals surface area (Å²) in [4.78, 5) is 10.9. The normalized spacial score (nSPS) is 10.6. The van der Waals surface area contributed by atoms with Crippen molar-refractivity contribution in [1.82, 2.24) is 0 Å². The van der Waals surface area contributed by atoms with Crippen molar-refractivity contribution in [2.75, 3.05) is 5.73 Å². The highest BCUT2D eigenvalue weighted by atomic mass is 32.2. The second-order valence-electron chi connectivity index (χ2n) is 2.81. The summed E-state index contributed by atoms with van der Waals surface area (Å²) in [6.45, 7) is 0. The number of hydrogen-bond donors (Lipinski definition) is 3. The summed E-state index contributed by atoms with van der Waals surface area (Å²) in [7, 11) is 0. The second-order valence-corrected chi connectivity index (χ2v) is 4.58. The van der Waals surface area contributed by atoms with Crippen molar-refractivity contribution >= 4 is 45.7 Å². The monoisotopic (exact) mass is 225 g/mol. The Morgan fingerprint density at radius 3 is 2.86 bits per heavy atom. The molecule has 0 spiro atoms. The summed E-state index contributed by atoms with van der Waals surface area (Å²) >= 11 is 5.42. The Morgan fingerprint density at radius 2 is 2.21 bits per heavy atom. The summed E-state index contributed by atoms with van der Waals surface area (Å²) in [5.74, 6) is -0.966. The lowest BCUT2D eigenvalue weighted by Gasteiger charge is -1.95. The van der Waals surface area contributed by atoms with Crippen molar-refractivity contribution in [1.29, 1.82) is 0 Å². The number of nitrogens with two attached hydrogens (primary N) is 1. The lowest BCUT2D eigenvalue weighted by molar-refractivity contribution is 0.0696. The van der Waals surface area contributed by atoms with Gasteiger partial charge in [0.25, 0.3) is 0 Å². The summed E-state index contributed by atoms with van der Waals surface area (Å²) in [5.41, 5.74) is 6.55. The van der Waals surface area contributed by atoms with Crippen LogP contribution in [0.25, 0.3) is 10.1 Å². The van der Waals surface area contributed by atoms with E-state index in [-0.39, 0.29) is 5.56 Å². The van der Waals surface area contributed by atoms with Crippen LogP contribution in [0, 0.1) is 0 Å². The third kappa shape index (κ3) is 1.25. The van der Waals surface area contributed by atoms with E-state index in [0.29, 0.717) is 15.3 Å². The summed E-state index contributed by atoms with van der Waals surface area (Å²) < 4.78 is 1.28. The first-order valence-electron chi connectivity index (χ1n) is 3.84. The Morgan fingerprint density at radius 1 is 1.50 bits per heavy atom. The SMILES string of the molecule is Nc1cccc2c(C(=O)O)c(S)sc12. The standard InChI is InChI=1S/C9H7NO2S2/c10-5-3-1-2-4-6(8(11)12)9(13)14-7(4)5/h1-3,13H,10H2,(H,11,12). The van der Waals surface area contributed by atoms with Crippen LogP contribution in [0.2, 0.25) is 0 Å². The summed E-state index contributed by atoms with van der Waals surface area (Å²) in [5, 5.41) is 9.62. The maximum Gasteiger partial charge on any atom is 0.338 e. The molecule has 2 aromatic rings. The van der Waals surface area contributed by atoms with E-state index in [9.17, 15) is 4.79 Å². The molecule has 2 rings (SSSR count). The number of fused-ring (bicyclic) bond motifs is 1. The highest BCUT2D eigenvalue weighted by molar-refractivity contribution is 7.83. The second kappa shape index (κ2) is 3.18. The predicted molar refractivity (Wildman–Crippen MR) is 60.4 cm³/mol. The number of thiol groups is 1. The van der Waals surface area contributed by atoms with Crippen LogP contribution in [0.4, 0.5) is 5.69 Å². The molecule has 1 aromatic heterocycles. The van der Waals surface area contributed by atoms with E-state index >= 15 is 0 Å². The van der Waals surface area contributed by atoms with Crippen LogP contribution in [0.15, 0.2) is 22.4 Å². The molecule has 0 aliphatic rings. The van der Waals surface area contributed by atoms with Crippen LogP contribution in [0.3, 0.4) is 0 Å². The molecule has 0 amide bonds. The van der Waals surface area contributed by atoms with Gasteiger partial charge < -0.3 is 10.8 Å². The largest absolute Gasteiger partial charge is 0.478 e. The smallest absolute Gasteiger partial charge is 0.338 e. The van der Waals surface area contributed by atoms with Crippen molar-refractivity contribution in [3.63, 3.8) is 0 Å². The minimum atomic E-state index is -0.966. The Hall–Kier alpha value is -1.20. The number of anilines is 1. The van der Waals surface area contributed by atoms with Gasteiger partial charge in [0.15, 0.2) is 0 Å². The van der Waals surface area contributed by atoms with Gasteiger partial charge in [-0.15, -0.1) is 24.0 Å². The van der Waals surface area contributed by atoms with Gasteiger partial charge in [-0.3, -0.25) is 0 Å². The maximum absolute atomic E-state index is 10.9. The molecular formula is C9H7NO2S2. The van der Waals surface area contributed by atoms with Crippen LogP contribution >= 0.6 is 24.0 Å². The Bertz CT molecular complexity index is 519. The van der Waals surface area contributed by atoms with Crippen LogP contribution in [0.5, 0.6) is 0 Å². The fraction of sp³-hybridized carbons (Fsp3) is 0. The van der Waals surface area contributed by atoms with E-state index in [2.05, 4.69) is 12.6 Å². The van der Waals surface area contributed by atoms with Gasteiger partial charge in [0.1, 0.15) is 0 Å². The Kier molecular flexibility index (Phi) is 2.13. The van der Waals surface area contributed by atoms with Crippen LogP contribution in [-0.2, 0) is 0 Å². The maximum atomic E-state index is 10.9. The molecule has 3 nitrogen and oxygen atoms in total. The Labute approximate surface area is 89.6 Å². The highest BCUT2D eigenvalue weighted by Crippen LogP contribution is 2.36. The molecule has 0 bridgehead atoms. The summed E-state index contributed by atoms with van der Waals surface area (Å²) in [6.07, 6.45) is 0. The van der Waals surface area contributed by atoms with Gasteiger partial charge in [-0.2, -0.15) is 0 Å². The zero-order valence-electron chi connectivity index (χ0n) is 7.02. The van der Waals surface area contributed by atoms with Gasteiger partial charge in [-0.05, 0) is 6.07 Å². The molecule has 3 N–H and O–H groups in total. The molecule has 0 saturated carbocycles. The molecule has 14 heavy (non-hydrogen) atoms. The third-order valence-corrected chi connectivity index (χ3v) is 3.50. The fourth-order valence-electron chi connectivity index (χ4n) is 1.34. The number of carboxylic acid groups (broad SMARTS) is 1. The van der Waals surface area contributed by atoms with Gasteiger partial charge in [0, 0.05) is 11.1 Å². The summed E-state index contributed by atoms with van der Waals surface area (Å²) in [6, 6.07) is 5.23. The van der Waals surface area contributed by atoms with E-state index in [0.717, 1.165) is 4.70 Å². The number of rotatable bonds is 1. The van der Waals surface area contributed by atoms with E-state index in [1.54, 1.807) is 18.2 Å². The minimum absolute atomic E-state index is 0.237. The zero-order valence-corrected chi connectivity index (χ0v) is 8.73. The van der Waals surface area contributed by atoms with Gasteiger partial charge in [-0.25, -0.2) is 4.79 Å². The molecule has 72 valence electrons. The van der Waals surface area contributed by atoms with Crippen molar-refractivity contribution < 1.29 is 9.90 Å². The van der Waals surface area contributed by atoms with Crippen molar-refractivity contribution in [2.24, 2.45) is 0 Å². The molecule has 0 aliphatic heterocycles. The first-order chi connectivity index (χ1) is 6.61. The molecule has 1 aromatic carbocycles. The molecule has 0 unspecified atom stereocenters. The average Bonchev–Trinajstić information content (AvgIpc) is 2.42. The van der Waals surface area contributed by atoms with Crippen molar-refractivity contribution in [3.05, 3.63) is 23.8 Å². The molecule has 0 saturated heterocycles. The van der Waals surface area contributed by atoms with Crippen molar-refractivity contribution in [2.45, 2.75) is 4.21 Å². The number of carbonyl (C=O) groups is 1.